The Morgan fingerprint density at radius 3 is 2.41 bits per heavy atom. The summed E-state index contributed by atoms with van der Waals surface area (Å²) in [5, 5.41) is 30.5. The fourth-order valence-corrected chi connectivity index (χ4v) is 7.96. The van der Waals surface area contributed by atoms with Crippen molar-refractivity contribution >= 4 is 33.5 Å². The summed E-state index contributed by atoms with van der Waals surface area (Å²) in [6.45, 7) is 2.24. The van der Waals surface area contributed by atoms with E-state index in [0.717, 1.165) is 45.4 Å². The average molecular weight is 868 g/mol. The van der Waals surface area contributed by atoms with E-state index in [2.05, 4.69) is 30.5 Å². The first kappa shape index (κ1) is 42.6. The Balaban J connectivity index is 1.23. The van der Waals surface area contributed by atoms with Crippen LogP contribution < -0.4 is 10.2 Å². The van der Waals surface area contributed by atoms with Crippen LogP contribution in [0.4, 0.5) is 26.3 Å². The van der Waals surface area contributed by atoms with E-state index >= 15 is 4.39 Å². The van der Waals surface area contributed by atoms with Crippen molar-refractivity contribution in [3.05, 3.63) is 98.3 Å². The Labute approximate surface area is 345 Å². The van der Waals surface area contributed by atoms with Gasteiger partial charge in [0.1, 0.15) is 28.4 Å². The number of carbonyl (C=O) groups is 2. The van der Waals surface area contributed by atoms with Crippen LogP contribution >= 0.6 is 11.3 Å². The van der Waals surface area contributed by atoms with Gasteiger partial charge >= 0.3 is 17.6 Å². The topological polar surface area (TPSA) is 190 Å². The lowest BCUT2D eigenvalue weighted by molar-refractivity contribution is -0.141. The molecule has 7 rings (SSSR count). The fourth-order valence-electron chi connectivity index (χ4n) is 7.12. The number of amides is 2. The van der Waals surface area contributed by atoms with Crippen LogP contribution in [0.1, 0.15) is 72.8 Å². The standard InChI is InChI=1S/C39H35F6N11O4S/c1-37(2,18-56-25(12-28(52-56)39(43,44)45)21-15-47-34(48-16-21)38(3,4)60)51-31(57)26(10-19-14-49-55(17-19)35(41)42)54-9-8-22-23(6-7-24(40)29(22)33(54)58)30-20(13-46)11-27-32(50-30)61-36(59)53(27)5/h6-7,11-12,14-17,26,35,60H,8-10,18H2,1-5H3,(H,51,57)/t26-/m1/s1. The summed E-state index contributed by atoms with van der Waals surface area (Å²) in [6, 6.07) is 5.19. The highest BCUT2D eigenvalue weighted by atomic mass is 32.1. The van der Waals surface area contributed by atoms with Crippen molar-refractivity contribution in [2.75, 3.05) is 6.54 Å². The predicted octanol–water partition coefficient (Wildman–Crippen LogP) is 5.37. The van der Waals surface area contributed by atoms with Crippen LogP contribution in [0.3, 0.4) is 0 Å². The number of fused-ring (bicyclic) bond motifs is 2. The van der Waals surface area contributed by atoms with Gasteiger partial charge in [0.2, 0.25) is 5.91 Å². The highest BCUT2D eigenvalue weighted by Gasteiger charge is 2.40. The molecule has 2 N–H and O–H groups in total. The van der Waals surface area contributed by atoms with Gasteiger partial charge in [0.25, 0.3) is 5.91 Å². The molecule has 2 amide bonds. The molecule has 0 aliphatic carbocycles. The molecule has 15 nitrogen and oxygen atoms in total. The molecular weight excluding hydrogens is 833 g/mol. The molecule has 1 aromatic carbocycles. The van der Waals surface area contributed by atoms with Gasteiger partial charge in [-0.25, -0.2) is 24.0 Å². The minimum Gasteiger partial charge on any atom is -0.382 e. The zero-order valence-corrected chi connectivity index (χ0v) is 33.7. The SMILES string of the molecule is Cn1c(=O)sc2nc(-c3ccc(F)c4c3CCN([C@H](Cc3cnn(C(F)F)c3)C(=O)NC(C)(C)Cn3nc(C(F)(F)F)cc3-c3cnc(C(C)(C)O)nc3)C4=O)c(C#N)cc21. The van der Waals surface area contributed by atoms with Gasteiger partial charge in [0, 0.05) is 49.7 Å². The molecule has 6 heterocycles. The molecule has 0 unspecified atom stereocenters. The monoisotopic (exact) mass is 867 g/mol. The first-order valence-electron chi connectivity index (χ1n) is 18.4. The molecule has 1 atom stereocenters. The lowest BCUT2D eigenvalue weighted by Crippen LogP contribution is -2.58. The maximum atomic E-state index is 15.8. The number of nitrogens with one attached hydrogen (secondary N) is 1. The Morgan fingerprint density at radius 2 is 1.79 bits per heavy atom. The van der Waals surface area contributed by atoms with Crippen molar-refractivity contribution in [2.24, 2.45) is 7.05 Å². The summed E-state index contributed by atoms with van der Waals surface area (Å²) in [7, 11) is 1.52. The molecule has 0 saturated heterocycles. The Morgan fingerprint density at radius 1 is 1.08 bits per heavy atom. The van der Waals surface area contributed by atoms with E-state index in [-0.39, 0.29) is 75.8 Å². The van der Waals surface area contributed by atoms with Crippen LogP contribution in [-0.2, 0) is 43.0 Å². The molecule has 6 aromatic rings. The molecule has 0 saturated carbocycles. The van der Waals surface area contributed by atoms with Gasteiger partial charge in [-0.05, 0) is 69.5 Å². The zero-order valence-electron chi connectivity index (χ0n) is 32.9. The third-order valence-corrected chi connectivity index (χ3v) is 11.0. The minimum atomic E-state index is -4.86. The third kappa shape index (κ3) is 8.34. The summed E-state index contributed by atoms with van der Waals surface area (Å²) in [4.78, 5) is 55.0. The number of aromatic nitrogens is 8. The lowest BCUT2D eigenvalue weighted by atomic mass is 9.89. The largest absolute Gasteiger partial charge is 0.435 e. The number of aryl methyl sites for hydroxylation is 1. The summed E-state index contributed by atoms with van der Waals surface area (Å²) < 4.78 is 87.6. The van der Waals surface area contributed by atoms with Crippen molar-refractivity contribution in [1.29, 1.82) is 5.26 Å². The molecular formula is C39H35F6N11O4S. The number of nitrogens with zero attached hydrogens (tertiary/aromatic N) is 10. The number of rotatable bonds is 11. The molecule has 61 heavy (non-hydrogen) atoms. The van der Waals surface area contributed by atoms with Gasteiger partial charge in [0.05, 0.1) is 46.3 Å². The van der Waals surface area contributed by atoms with Gasteiger partial charge in [-0.15, -0.1) is 0 Å². The minimum absolute atomic E-state index is 0.0127. The number of alkyl halides is 5. The number of nitriles is 1. The number of hydrogen-bond acceptors (Lipinski definition) is 11. The van der Waals surface area contributed by atoms with Gasteiger partial charge in [-0.3, -0.25) is 19.1 Å². The number of aliphatic hydroxyl groups is 1. The number of benzene rings is 1. The van der Waals surface area contributed by atoms with E-state index in [1.165, 1.54) is 63.8 Å². The van der Waals surface area contributed by atoms with Crippen molar-refractivity contribution in [2.45, 2.75) is 77.0 Å². The average Bonchev–Trinajstić information content (AvgIpc) is 3.90. The summed E-state index contributed by atoms with van der Waals surface area (Å²) in [6.07, 6.45) is -0.785. The van der Waals surface area contributed by atoms with Crippen LogP contribution in [0.15, 0.2) is 53.8 Å². The second-order valence-corrected chi connectivity index (χ2v) is 16.5. The molecule has 0 fully saturated rings. The zero-order chi connectivity index (χ0) is 44.3. The van der Waals surface area contributed by atoms with E-state index in [1.54, 1.807) is 0 Å². The number of halogens is 6. The number of carbonyl (C=O) groups excluding carboxylic acids is 2. The van der Waals surface area contributed by atoms with E-state index in [9.17, 15) is 46.7 Å². The van der Waals surface area contributed by atoms with Crippen molar-refractivity contribution in [3.8, 4) is 28.6 Å². The highest BCUT2D eigenvalue weighted by molar-refractivity contribution is 7.16. The van der Waals surface area contributed by atoms with Gasteiger partial charge in [-0.1, -0.05) is 11.3 Å². The maximum Gasteiger partial charge on any atom is 0.435 e. The van der Waals surface area contributed by atoms with Gasteiger partial charge < -0.3 is 19.9 Å². The number of thiazole rings is 1. The molecule has 0 spiro atoms. The van der Waals surface area contributed by atoms with Crippen molar-refractivity contribution < 1.29 is 41.0 Å². The van der Waals surface area contributed by atoms with Crippen LogP contribution in [0, 0.1) is 17.1 Å². The molecule has 22 heteroatoms. The Bertz CT molecular complexity index is 2800. The number of hydrogen-bond donors (Lipinski definition) is 2. The Hall–Kier alpha value is -6.47. The van der Waals surface area contributed by atoms with Crippen molar-refractivity contribution in [3.63, 3.8) is 0 Å². The van der Waals surface area contributed by atoms with E-state index in [0.29, 0.717) is 15.0 Å². The summed E-state index contributed by atoms with van der Waals surface area (Å²) in [5.74, 6) is -2.74. The van der Waals surface area contributed by atoms with Crippen LogP contribution in [0.5, 0.6) is 0 Å². The summed E-state index contributed by atoms with van der Waals surface area (Å²) in [5.41, 5.74) is -3.38. The number of pyridine rings is 1. The predicted molar refractivity (Wildman–Crippen MR) is 206 cm³/mol. The Kier molecular flexibility index (Phi) is 10.9. The molecule has 1 aliphatic heterocycles. The molecule has 0 bridgehead atoms. The van der Waals surface area contributed by atoms with Gasteiger partial charge in [-0.2, -0.15) is 37.4 Å². The summed E-state index contributed by atoms with van der Waals surface area (Å²) >= 11 is 0.838. The normalized spacial score (nSPS) is 14.1. The molecule has 0 radical (unpaired) electrons. The van der Waals surface area contributed by atoms with Gasteiger partial charge in [0.15, 0.2) is 11.5 Å². The molecule has 1 aliphatic rings. The molecule has 318 valence electrons. The lowest BCUT2D eigenvalue weighted by Gasteiger charge is -2.37. The smallest absolute Gasteiger partial charge is 0.382 e. The second-order valence-electron chi connectivity index (χ2n) is 15.6. The third-order valence-electron chi connectivity index (χ3n) is 10.0. The van der Waals surface area contributed by atoms with E-state index in [1.807, 2.05) is 6.07 Å². The quantitative estimate of drug-likeness (QED) is 0.160. The fraction of sp³-hybridized carbons (Fsp3) is 0.359. The van der Waals surface area contributed by atoms with Crippen molar-refractivity contribution in [1.82, 2.24) is 49.3 Å². The van der Waals surface area contributed by atoms with Crippen LogP contribution in [-0.4, -0.2) is 79.0 Å². The van der Waals surface area contributed by atoms with Crippen LogP contribution in [0.2, 0.25) is 0 Å². The molecule has 5 aromatic heterocycles. The second kappa shape index (κ2) is 15.5. The van der Waals surface area contributed by atoms with Crippen LogP contribution in [0.25, 0.3) is 32.9 Å². The van der Waals surface area contributed by atoms with E-state index in [4.69, 9.17) is 0 Å². The maximum absolute atomic E-state index is 15.8. The van der Waals surface area contributed by atoms with E-state index < -0.39 is 58.8 Å². The highest BCUT2D eigenvalue weighted by Crippen LogP contribution is 2.36. The first-order valence-corrected chi connectivity index (χ1v) is 19.2. The first-order chi connectivity index (χ1) is 28.6.